The standard InChI is InChI=1S/C35H74NO4P/c1-4-7-10-13-16-17-18-21-24-29-34-39-41(37,38)40-35-30-25-28-33-36(31-26-22-19-14-11-8-5-2)32-27-23-20-15-12-9-6-3/h4-35H2,1-3H3,(H,37,38). The molecule has 0 spiro atoms. The van der Waals surface area contributed by atoms with Gasteiger partial charge in [0, 0.05) is 0 Å². The van der Waals surface area contributed by atoms with E-state index in [1.165, 1.54) is 154 Å². The smallest absolute Gasteiger partial charge is 0.303 e. The first-order valence-corrected chi connectivity index (χ1v) is 19.9. The maximum absolute atomic E-state index is 12.2. The quantitative estimate of drug-likeness (QED) is 0.0577. The molecule has 0 bridgehead atoms. The van der Waals surface area contributed by atoms with Crippen molar-refractivity contribution in [3.63, 3.8) is 0 Å². The molecule has 0 rings (SSSR count). The second-order valence-electron chi connectivity index (χ2n) is 12.5. The van der Waals surface area contributed by atoms with E-state index in [1.54, 1.807) is 0 Å². The van der Waals surface area contributed by atoms with Crippen LogP contribution in [0.3, 0.4) is 0 Å². The molecule has 41 heavy (non-hydrogen) atoms. The van der Waals surface area contributed by atoms with Gasteiger partial charge in [0.25, 0.3) is 0 Å². The van der Waals surface area contributed by atoms with Gasteiger partial charge in [0.15, 0.2) is 0 Å². The van der Waals surface area contributed by atoms with Crippen LogP contribution in [-0.4, -0.2) is 42.6 Å². The molecule has 1 atom stereocenters. The van der Waals surface area contributed by atoms with Crippen molar-refractivity contribution in [2.24, 2.45) is 0 Å². The monoisotopic (exact) mass is 604 g/mol. The summed E-state index contributed by atoms with van der Waals surface area (Å²) in [5, 5.41) is 0. The molecule has 0 heterocycles. The molecule has 0 fully saturated rings. The predicted molar refractivity (Wildman–Crippen MR) is 180 cm³/mol. The molecule has 6 heteroatoms. The van der Waals surface area contributed by atoms with E-state index in [-0.39, 0.29) is 0 Å². The summed E-state index contributed by atoms with van der Waals surface area (Å²) in [6, 6.07) is 0. The second-order valence-corrected chi connectivity index (χ2v) is 13.9. The van der Waals surface area contributed by atoms with Crippen molar-refractivity contribution >= 4 is 7.82 Å². The molecule has 0 aliphatic carbocycles. The lowest BCUT2D eigenvalue weighted by atomic mass is 10.1. The first-order valence-electron chi connectivity index (χ1n) is 18.4. The number of nitrogens with zero attached hydrogens (tertiary/aromatic N) is 1. The van der Waals surface area contributed by atoms with Crippen LogP contribution in [0.2, 0.25) is 0 Å². The summed E-state index contributed by atoms with van der Waals surface area (Å²) in [6.45, 7) is 11.0. The minimum Gasteiger partial charge on any atom is -0.303 e. The molecule has 0 amide bonds. The van der Waals surface area contributed by atoms with E-state index in [0.717, 1.165) is 38.6 Å². The maximum atomic E-state index is 12.2. The van der Waals surface area contributed by atoms with Gasteiger partial charge in [-0.3, -0.25) is 9.05 Å². The van der Waals surface area contributed by atoms with E-state index in [4.69, 9.17) is 9.05 Å². The molecular formula is C35H74NO4P. The molecular weight excluding hydrogens is 529 g/mol. The number of unbranched alkanes of at least 4 members (excludes halogenated alkanes) is 23. The van der Waals surface area contributed by atoms with Gasteiger partial charge in [-0.15, -0.1) is 0 Å². The average Bonchev–Trinajstić information content (AvgIpc) is 2.96. The van der Waals surface area contributed by atoms with Crippen LogP contribution in [0.15, 0.2) is 0 Å². The first-order chi connectivity index (χ1) is 20.1. The van der Waals surface area contributed by atoms with Gasteiger partial charge in [0.05, 0.1) is 13.2 Å². The van der Waals surface area contributed by atoms with Crippen LogP contribution in [0.5, 0.6) is 0 Å². The lowest BCUT2D eigenvalue weighted by molar-refractivity contribution is 0.144. The second kappa shape index (κ2) is 33.0. The third-order valence-electron chi connectivity index (χ3n) is 8.28. The van der Waals surface area contributed by atoms with Crippen LogP contribution in [0.25, 0.3) is 0 Å². The number of hydrogen-bond acceptors (Lipinski definition) is 4. The number of phosphoric acid groups is 1. The van der Waals surface area contributed by atoms with Crippen molar-refractivity contribution in [2.75, 3.05) is 32.8 Å². The molecule has 5 nitrogen and oxygen atoms in total. The Balaban J connectivity index is 3.92. The number of phosphoric ester groups is 1. The Kier molecular flexibility index (Phi) is 33.0. The maximum Gasteiger partial charge on any atom is 0.472 e. The SMILES string of the molecule is CCCCCCCCCCCCOP(=O)(O)OCCCCCN(CCCCCCCCC)CCCCCCCCC. The summed E-state index contributed by atoms with van der Waals surface area (Å²) in [5.41, 5.74) is 0. The Bertz CT molecular complexity index is 530. The molecule has 0 radical (unpaired) electrons. The minimum atomic E-state index is -3.91. The Labute approximate surface area is 257 Å². The highest BCUT2D eigenvalue weighted by Gasteiger charge is 2.20. The van der Waals surface area contributed by atoms with E-state index in [1.807, 2.05) is 0 Å². The molecule has 248 valence electrons. The number of hydrogen-bond donors (Lipinski definition) is 1. The highest BCUT2D eigenvalue weighted by Crippen LogP contribution is 2.43. The van der Waals surface area contributed by atoms with Crippen LogP contribution in [0.1, 0.15) is 194 Å². The Morgan fingerprint density at radius 2 is 0.659 bits per heavy atom. The highest BCUT2D eigenvalue weighted by atomic mass is 31.2. The molecule has 0 aromatic carbocycles. The van der Waals surface area contributed by atoms with Gasteiger partial charge in [0.2, 0.25) is 0 Å². The topological polar surface area (TPSA) is 59.0 Å². The van der Waals surface area contributed by atoms with Gasteiger partial charge in [-0.25, -0.2) is 4.57 Å². The fraction of sp³-hybridized carbons (Fsp3) is 1.00. The van der Waals surface area contributed by atoms with Gasteiger partial charge >= 0.3 is 7.82 Å². The number of rotatable bonds is 35. The first kappa shape index (κ1) is 41.1. The summed E-state index contributed by atoms with van der Waals surface area (Å²) < 4.78 is 22.6. The normalized spacial score (nSPS) is 13.3. The van der Waals surface area contributed by atoms with Crippen molar-refractivity contribution in [3.05, 3.63) is 0 Å². The third kappa shape index (κ3) is 32.8. The van der Waals surface area contributed by atoms with Crippen LogP contribution >= 0.6 is 7.82 Å². The van der Waals surface area contributed by atoms with Crippen molar-refractivity contribution in [1.29, 1.82) is 0 Å². The molecule has 1 unspecified atom stereocenters. The van der Waals surface area contributed by atoms with Gasteiger partial charge < -0.3 is 9.79 Å². The lowest BCUT2D eigenvalue weighted by Gasteiger charge is -2.22. The van der Waals surface area contributed by atoms with Crippen molar-refractivity contribution in [1.82, 2.24) is 4.90 Å². The molecule has 0 aromatic rings. The van der Waals surface area contributed by atoms with Crippen molar-refractivity contribution < 1.29 is 18.5 Å². The van der Waals surface area contributed by atoms with E-state index in [0.29, 0.717) is 13.2 Å². The molecule has 0 aromatic heterocycles. The molecule has 0 aliphatic heterocycles. The summed E-state index contributed by atoms with van der Waals surface area (Å²) >= 11 is 0. The van der Waals surface area contributed by atoms with Gasteiger partial charge in [0.1, 0.15) is 0 Å². The minimum absolute atomic E-state index is 0.307. The largest absolute Gasteiger partial charge is 0.472 e. The van der Waals surface area contributed by atoms with Crippen molar-refractivity contribution in [2.45, 2.75) is 194 Å². The molecule has 1 N–H and O–H groups in total. The molecule has 0 saturated carbocycles. The summed E-state index contributed by atoms with van der Waals surface area (Å²) in [4.78, 5) is 12.7. The summed E-state index contributed by atoms with van der Waals surface area (Å²) in [7, 11) is -3.91. The third-order valence-corrected chi connectivity index (χ3v) is 9.30. The summed E-state index contributed by atoms with van der Waals surface area (Å²) in [5.74, 6) is 0. The van der Waals surface area contributed by atoms with E-state index in [2.05, 4.69) is 25.7 Å². The van der Waals surface area contributed by atoms with Crippen LogP contribution in [-0.2, 0) is 13.6 Å². The van der Waals surface area contributed by atoms with E-state index in [9.17, 15) is 9.46 Å². The highest BCUT2D eigenvalue weighted by molar-refractivity contribution is 7.47. The fourth-order valence-electron chi connectivity index (χ4n) is 5.52. The Morgan fingerprint density at radius 3 is 0.976 bits per heavy atom. The zero-order valence-corrected chi connectivity index (χ0v) is 29.1. The Hall–Kier alpha value is 0.0700. The average molecular weight is 604 g/mol. The van der Waals surface area contributed by atoms with E-state index < -0.39 is 7.82 Å². The predicted octanol–water partition coefficient (Wildman–Crippen LogP) is 12.0. The molecule has 0 aliphatic rings. The zero-order valence-electron chi connectivity index (χ0n) is 28.2. The zero-order chi connectivity index (χ0) is 30.1. The van der Waals surface area contributed by atoms with Crippen molar-refractivity contribution in [3.8, 4) is 0 Å². The molecule has 0 saturated heterocycles. The Morgan fingerprint density at radius 1 is 0.415 bits per heavy atom. The van der Waals surface area contributed by atoms with Gasteiger partial charge in [-0.1, -0.05) is 156 Å². The van der Waals surface area contributed by atoms with E-state index >= 15 is 0 Å². The van der Waals surface area contributed by atoms with Crippen LogP contribution < -0.4 is 0 Å². The summed E-state index contributed by atoms with van der Waals surface area (Å²) in [6.07, 6.45) is 34.4. The van der Waals surface area contributed by atoms with Crippen LogP contribution in [0.4, 0.5) is 0 Å². The van der Waals surface area contributed by atoms with Gasteiger partial charge in [-0.2, -0.15) is 0 Å². The fourth-order valence-corrected chi connectivity index (χ4v) is 6.32. The lowest BCUT2D eigenvalue weighted by Crippen LogP contribution is -2.27. The van der Waals surface area contributed by atoms with Gasteiger partial charge in [-0.05, 0) is 58.2 Å². The van der Waals surface area contributed by atoms with Crippen LogP contribution in [0, 0.1) is 0 Å².